The number of esters is 1. The lowest BCUT2D eigenvalue weighted by Crippen LogP contribution is -2.03. The number of carbonyl (C=O) groups is 1. The van der Waals surface area contributed by atoms with Gasteiger partial charge in [0, 0.05) is 6.20 Å². The van der Waals surface area contributed by atoms with E-state index in [1.807, 2.05) is 6.92 Å². The van der Waals surface area contributed by atoms with Crippen LogP contribution in [-0.2, 0) is 4.74 Å². The molecule has 108 valence electrons. The summed E-state index contributed by atoms with van der Waals surface area (Å²) in [6.45, 7) is 4.00. The Balaban J connectivity index is 2.08. The molecular formula is C13H13N5O2S. The van der Waals surface area contributed by atoms with Crippen LogP contribution in [0.2, 0.25) is 0 Å². The van der Waals surface area contributed by atoms with E-state index in [4.69, 9.17) is 4.74 Å². The highest BCUT2D eigenvalue weighted by atomic mass is 32.1. The second-order valence-electron chi connectivity index (χ2n) is 4.29. The third kappa shape index (κ3) is 2.45. The summed E-state index contributed by atoms with van der Waals surface area (Å²) in [6.07, 6.45) is 4.85. The van der Waals surface area contributed by atoms with Crippen LogP contribution in [-0.4, -0.2) is 32.7 Å². The van der Waals surface area contributed by atoms with E-state index in [1.165, 1.54) is 17.7 Å². The Morgan fingerprint density at radius 1 is 1.48 bits per heavy atom. The maximum absolute atomic E-state index is 12.0. The van der Waals surface area contributed by atoms with E-state index in [0.717, 1.165) is 21.5 Å². The lowest BCUT2D eigenvalue weighted by molar-refractivity contribution is 0.0531. The van der Waals surface area contributed by atoms with Crippen molar-refractivity contribution in [1.82, 2.24) is 20.2 Å². The van der Waals surface area contributed by atoms with Gasteiger partial charge in [-0.05, 0) is 19.4 Å². The molecule has 0 fully saturated rings. The van der Waals surface area contributed by atoms with Crippen LogP contribution in [0.1, 0.15) is 22.2 Å². The maximum atomic E-state index is 12.0. The zero-order chi connectivity index (χ0) is 14.8. The number of carbonyl (C=O) groups excluding carboxylic acids is 1. The Hall–Kier alpha value is -2.48. The second-order valence-corrected chi connectivity index (χ2v) is 5.29. The first-order valence-corrected chi connectivity index (χ1v) is 7.19. The Bertz CT molecular complexity index is 781. The molecule has 21 heavy (non-hydrogen) atoms. The van der Waals surface area contributed by atoms with E-state index in [-0.39, 0.29) is 5.97 Å². The van der Waals surface area contributed by atoms with Crippen LogP contribution < -0.4 is 5.32 Å². The predicted octanol–water partition coefficient (Wildman–Crippen LogP) is 2.64. The zero-order valence-corrected chi connectivity index (χ0v) is 12.3. The van der Waals surface area contributed by atoms with Crippen molar-refractivity contribution >= 4 is 39.0 Å². The summed E-state index contributed by atoms with van der Waals surface area (Å²) >= 11 is 1.31. The third-order valence-corrected chi connectivity index (χ3v) is 4.13. The standard InChI is InChI=1S/C13H13N5O2S/c1-3-20-13(19)10-7(2)9-11(14-6-15-12(9)21-10)18-8-4-16-17-5-8/h4-6H,3H2,1-2H3,(H,16,17)(H,14,15,18). The molecule has 3 heterocycles. The number of rotatable bonds is 4. The Morgan fingerprint density at radius 2 is 2.33 bits per heavy atom. The molecule has 3 aromatic rings. The average molecular weight is 303 g/mol. The molecule has 2 N–H and O–H groups in total. The highest BCUT2D eigenvalue weighted by Gasteiger charge is 2.20. The summed E-state index contributed by atoms with van der Waals surface area (Å²) in [5.74, 6) is 0.318. The summed E-state index contributed by atoms with van der Waals surface area (Å²) < 4.78 is 5.07. The first kappa shape index (κ1) is 13.5. The monoisotopic (exact) mass is 303 g/mol. The van der Waals surface area contributed by atoms with Crippen molar-refractivity contribution in [3.63, 3.8) is 0 Å². The van der Waals surface area contributed by atoms with Gasteiger partial charge in [-0.15, -0.1) is 11.3 Å². The fourth-order valence-corrected chi connectivity index (χ4v) is 3.06. The smallest absolute Gasteiger partial charge is 0.348 e. The van der Waals surface area contributed by atoms with E-state index >= 15 is 0 Å². The zero-order valence-electron chi connectivity index (χ0n) is 11.5. The third-order valence-electron chi connectivity index (χ3n) is 2.95. The average Bonchev–Trinajstić information content (AvgIpc) is 3.08. The van der Waals surface area contributed by atoms with Crippen LogP contribution >= 0.6 is 11.3 Å². The minimum Gasteiger partial charge on any atom is -0.462 e. The molecule has 3 rings (SSSR count). The first-order chi connectivity index (χ1) is 10.2. The van der Waals surface area contributed by atoms with Crippen LogP contribution in [0.15, 0.2) is 18.7 Å². The Kier molecular flexibility index (Phi) is 3.53. The number of H-pyrrole nitrogens is 1. The van der Waals surface area contributed by atoms with E-state index in [2.05, 4.69) is 25.5 Å². The van der Waals surface area contributed by atoms with Gasteiger partial charge < -0.3 is 10.1 Å². The van der Waals surface area contributed by atoms with Crippen molar-refractivity contribution in [2.75, 3.05) is 11.9 Å². The molecule has 8 heteroatoms. The lowest BCUT2D eigenvalue weighted by atomic mass is 10.2. The molecule has 0 aliphatic heterocycles. The van der Waals surface area contributed by atoms with Crippen molar-refractivity contribution in [2.24, 2.45) is 0 Å². The van der Waals surface area contributed by atoms with Crippen molar-refractivity contribution in [3.05, 3.63) is 29.2 Å². The number of hydrogen-bond donors (Lipinski definition) is 2. The number of anilines is 2. The van der Waals surface area contributed by atoms with Gasteiger partial charge in [0.05, 0.1) is 23.9 Å². The van der Waals surface area contributed by atoms with Gasteiger partial charge in [0.1, 0.15) is 21.9 Å². The van der Waals surface area contributed by atoms with E-state index in [1.54, 1.807) is 19.3 Å². The van der Waals surface area contributed by atoms with Gasteiger partial charge in [-0.25, -0.2) is 14.8 Å². The molecule has 0 amide bonds. The molecule has 0 saturated carbocycles. The van der Waals surface area contributed by atoms with E-state index < -0.39 is 0 Å². The predicted molar refractivity (Wildman–Crippen MR) is 80.0 cm³/mol. The van der Waals surface area contributed by atoms with Crippen LogP contribution in [0.3, 0.4) is 0 Å². The van der Waals surface area contributed by atoms with Crippen molar-refractivity contribution in [3.8, 4) is 0 Å². The molecule has 0 radical (unpaired) electrons. The van der Waals surface area contributed by atoms with Crippen molar-refractivity contribution in [2.45, 2.75) is 13.8 Å². The fraction of sp³-hybridized carbons (Fsp3) is 0.231. The van der Waals surface area contributed by atoms with E-state index in [0.29, 0.717) is 17.3 Å². The lowest BCUT2D eigenvalue weighted by Gasteiger charge is -2.04. The minimum absolute atomic E-state index is 0.327. The maximum Gasteiger partial charge on any atom is 0.348 e. The molecule has 0 aliphatic rings. The molecule has 0 bridgehead atoms. The minimum atomic E-state index is -0.327. The topological polar surface area (TPSA) is 92.8 Å². The quantitative estimate of drug-likeness (QED) is 0.720. The van der Waals surface area contributed by atoms with Gasteiger partial charge in [-0.3, -0.25) is 5.10 Å². The molecule has 7 nitrogen and oxygen atoms in total. The van der Waals surface area contributed by atoms with Crippen LogP contribution in [0.25, 0.3) is 10.2 Å². The van der Waals surface area contributed by atoms with Crippen molar-refractivity contribution in [1.29, 1.82) is 0 Å². The number of nitrogens with zero attached hydrogens (tertiary/aromatic N) is 3. The normalized spacial score (nSPS) is 10.8. The van der Waals surface area contributed by atoms with Crippen LogP contribution in [0.5, 0.6) is 0 Å². The number of thiophene rings is 1. The molecular weight excluding hydrogens is 290 g/mol. The summed E-state index contributed by atoms with van der Waals surface area (Å²) in [4.78, 5) is 21.8. The van der Waals surface area contributed by atoms with Gasteiger partial charge >= 0.3 is 5.97 Å². The van der Waals surface area contributed by atoms with Gasteiger partial charge in [0.25, 0.3) is 0 Å². The number of aromatic nitrogens is 4. The summed E-state index contributed by atoms with van der Waals surface area (Å²) in [7, 11) is 0. The van der Waals surface area contributed by atoms with Crippen molar-refractivity contribution < 1.29 is 9.53 Å². The van der Waals surface area contributed by atoms with Gasteiger partial charge in [-0.2, -0.15) is 5.10 Å². The highest BCUT2D eigenvalue weighted by molar-refractivity contribution is 7.20. The van der Waals surface area contributed by atoms with Gasteiger partial charge in [-0.1, -0.05) is 0 Å². The highest BCUT2D eigenvalue weighted by Crippen LogP contribution is 2.34. The first-order valence-electron chi connectivity index (χ1n) is 6.37. The van der Waals surface area contributed by atoms with Crippen LogP contribution in [0, 0.1) is 6.92 Å². The van der Waals surface area contributed by atoms with Crippen LogP contribution in [0.4, 0.5) is 11.5 Å². The van der Waals surface area contributed by atoms with E-state index in [9.17, 15) is 4.79 Å². The molecule has 0 aliphatic carbocycles. The van der Waals surface area contributed by atoms with Gasteiger partial charge in [0.2, 0.25) is 0 Å². The molecule has 0 unspecified atom stereocenters. The Morgan fingerprint density at radius 3 is 3.05 bits per heavy atom. The summed E-state index contributed by atoms with van der Waals surface area (Å²) in [6, 6.07) is 0. The molecule has 0 spiro atoms. The molecule has 0 atom stereocenters. The number of aryl methyl sites for hydroxylation is 1. The second kappa shape index (κ2) is 5.49. The number of nitrogens with one attached hydrogen (secondary N) is 2. The molecule has 0 saturated heterocycles. The molecule has 3 aromatic heterocycles. The largest absolute Gasteiger partial charge is 0.462 e. The fourth-order valence-electron chi connectivity index (χ4n) is 2.01. The molecule has 0 aromatic carbocycles. The SMILES string of the molecule is CCOC(=O)c1sc2ncnc(Nc3cn[nH]c3)c2c1C. The summed E-state index contributed by atoms with van der Waals surface area (Å²) in [5, 5.41) is 10.6. The Labute approximate surface area is 124 Å². The number of fused-ring (bicyclic) bond motifs is 1. The summed E-state index contributed by atoms with van der Waals surface area (Å²) in [5.41, 5.74) is 1.61. The number of aromatic amines is 1. The number of ether oxygens (including phenoxy) is 1. The van der Waals surface area contributed by atoms with Gasteiger partial charge in [0.15, 0.2) is 0 Å². The number of hydrogen-bond acceptors (Lipinski definition) is 7.